The first-order chi connectivity index (χ1) is 8.27. The molecule has 0 aliphatic carbocycles. The molecule has 0 aromatic rings. The van der Waals surface area contributed by atoms with Crippen LogP contribution in [0.2, 0.25) is 0 Å². The molecule has 18 heavy (non-hydrogen) atoms. The van der Waals surface area contributed by atoms with Crippen LogP contribution in [0.4, 0.5) is 0 Å². The van der Waals surface area contributed by atoms with Gasteiger partial charge >= 0.3 is 5.97 Å². The first-order valence-electron chi connectivity index (χ1n) is 6.31. The Kier molecular flexibility index (Phi) is 5.13. The van der Waals surface area contributed by atoms with Gasteiger partial charge in [0.2, 0.25) is 0 Å². The number of rotatable bonds is 5. The van der Waals surface area contributed by atoms with Crippen LogP contribution in [0.1, 0.15) is 27.7 Å². The number of carbonyl (C=O) groups excluding carboxylic acids is 1. The summed E-state index contributed by atoms with van der Waals surface area (Å²) in [5.41, 5.74) is -0.781. The number of nitrogens with one attached hydrogen (secondary N) is 1. The maximum absolute atomic E-state index is 11.5. The molecule has 1 atom stereocenters. The lowest BCUT2D eigenvalue weighted by Crippen LogP contribution is -2.52. The van der Waals surface area contributed by atoms with Crippen molar-refractivity contribution in [2.75, 3.05) is 33.4 Å². The molecule has 0 aromatic heterocycles. The summed E-state index contributed by atoms with van der Waals surface area (Å²) in [7, 11) is 1.39. The molecule has 1 aliphatic rings. The van der Waals surface area contributed by atoms with Gasteiger partial charge in [-0.1, -0.05) is 0 Å². The lowest BCUT2D eigenvalue weighted by atomic mass is 9.95. The summed E-state index contributed by atoms with van der Waals surface area (Å²) in [4.78, 5) is 11.5. The predicted molar refractivity (Wildman–Crippen MR) is 68.4 cm³/mol. The summed E-state index contributed by atoms with van der Waals surface area (Å²) in [6.07, 6.45) is 0.0298. The second kappa shape index (κ2) is 5.99. The monoisotopic (exact) mass is 259 g/mol. The van der Waals surface area contributed by atoms with Gasteiger partial charge in [-0.05, 0) is 27.7 Å². The number of esters is 1. The lowest BCUT2D eigenvalue weighted by molar-refractivity contribution is -0.158. The standard InChI is InChI=1S/C13H25NO4/c1-12(2,11(15)16-5)9-17-7-10-6-14-8-13(3,4)18-10/h10,14H,6-9H2,1-5H3. The van der Waals surface area contributed by atoms with Crippen LogP contribution in [0.25, 0.3) is 0 Å². The molecule has 1 saturated heterocycles. The van der Waals surface area contributed by atoms with E-state index >= 15 is 0 Å². The zero-order valence-electron chi connectivity index (χ0n) is 12.0. The smallest absolute Gasteiger partial charge is 0.313 e. The van der Waals surface area contributed by atoms with E-state index in [0.717, 1.165) is 13.1 Å². The highest BCUT2D eigenvalue weighted by Crippen LogP contribution is 2.19. The third kappa shape index (κ3) is 4.55. The Labute approximate surface area is 109 Å². The highest BCUT2D eigenvalue weighted by Gasteiger charge is 2.31. The molecular formula is C13H25NO4. The molecule has 106 valence electrons. The molecule has 0 amide bonds. The zero-order valence-corrected chi connectivity index (χ0v) is 12.0. The molecule has 0 bridgehead atoms. The van der Waals surface area contributed by atoms with Gasteiger partial charge in [-0.15, -0.1) is 0 Å². The van der Waals surface area contributed by atoms with E-state index < -0.39 is 5.41 Å². The van der Waals surface area contributed by atoms with Crippen LogP contribution in [0.5, 0.6) is 0 Å². The van der Waals surface area contributed by atoms with Crippen LogP contribution in [-0.2, 0) is 19.0 Å². The van der Waals surface area contributed by atoms with Crippen molar-refractivity contribution in [3.63, 3.8) is 0 Å². The Hall–Kier alpha value is -0.650. The lowest BCUT2D eigenvalue weighted by Gasteiger charge is -2.36. The Morgan fingerprint density at radius 3 is 2.72 bits per heavy atom. The van der Waals surface area contributed by atoms with Gasteiger partial charge in [-0.25, -0.2) is 0 Å². The molecule has 0 spiro atoms. The predicted octanol–water partition coefficient (Wildman–Crippen LogP) is 0.969. The summed E-state index contributed by atoms with van der Waals surface area (Å²) < 4.78 is 16.2. The van der Waals surface area contributed by atoms with Crippen LogP contribution in [0.15, 0.2) is 0 Å². The Bertz CT molecular complexity index is 289. The van der Waals surface area contributed by atoms with Crippen LogP contribution in [-0.4, -0.2) is 51.1 Å². The molecule has 1 heterocycles. The Morgan fingerprint density at radius 2 is 2.17 bits per heavy atom. The number of methoxy groups -OCH3 is 1. The van der Waals surface area contributed by atoms with Crippen LogP contribution in [0.3, 0.4) is 0 Å². The minimum absolute atomic E-state index is 0.0298. The van der Waals surface area contributed by atoms with E-state index in [1.54, 1.807) is 0 Å². The SMILES string of the molecule is COC(=O)C(C)(C)COCC1CNCC(C)(C)O1. The fraction of sp³-hybridized carbons (Fsp3) is 0.923. The van der Waals surface area contributed by atoms with E-state index in [-0.39, 0.29) is 17.7 Å². The molecule has 1 aliphatic heterocycles. The number of carbonyl (C=O) groups is 1. The summed E-state index contributed by atoms with van der Waals surface area (Å²) in [6.45, 7) is 10.1. The molecule has 0 radical (unpaired) electrons. The van der Waals surface area contributed by atoms with Gasteiger partial charge in [0, 0.05) is 13.1 Å². The first kappa shape index (κ1) is 15.4. The Morgan fingerprint density at radius 1 is 1.50 bits per heavy atom. The van der Waals surface area contributed by atoms with Gasteiger partial charge in [0.05, 0.1) is 37.4 Å². The Balaban J connectivity index is 2.31. The van der Waals surface area contributed by atoms with E-state index in [0.29, 0.717) is 13.2 Å². The maximum Gasteiger partial charge on any atom is 0.313 e. The van der Waals surface area contributed by atoms with Gasteiger partial charge in [0.1, 0.15) is 0 Å². The second-order valence-electron chi connectivity index (χ2n) is 6.02. The zero-order chi connectivity index (χ0) is 13.8. The molecular weight excluding hydrogens is 234 g/mol. The number of hydrogen-bond donors (Lipinski definition) is 1. The average Bonchev–Trinajstić information content (AvgIpc) is 2.26. The summed E-state index contributed by atoms with van der Waals surface area (Å²) >= 11 is 0. The third-order valence-electron chi connectivity index (χ3n) is 2.91. The third-order valence-corrected chi connectivity index (χ3v) is 2.91. The van der Waals surface area contributed by atoms with Crippen LogP contribution in [0, 0.1) is 5.41 Å². The number of ether oxygens (including phenoxy) is 3. The molecule has 1 unspecified atom stereocenters. The second-order valence-corrected chi connectivity index (χ2v) is 6.02. The molecule has 0 saturated carbocycles. The fourth-order valence-electron chi connectivity index (χ4n) is 1.94. The van der Waals surface area contributed by atoms with E-state index in [2.05, 4.69) is 5.32 Å². The van der Waals surface area contributed by atoms with Crippen molar-refractivity contribution < 1.29 is 19.0 Å². The molecule has 1 rings (SSSR count). The van der Waals surface area contributed by atoms with E-state index in [1.165, 1.54) is 7.11 Å². The summed E-state index contributed by atoms with van der Waals surface area (Å²) in [6, 6.07) is 0. The number of hydrogen-bond acceptors (Lipinski definition) is 5. The minimum atomic E-state index is -0.619. The van der Waals surface area contributed by atoms with Crippen molar-refractivity contribution in [1.29, 1.82) is 0 Å². The van der Waals surface area contributed by atoms with Crippen molar-refractivity contribution in [2.45, 2.75) is 39.4 Å². The molecule has 1 fully saturated rings. The highest BCUT2D eigenvalue weighted by atomic mass is 16.6. The maximum atomic E-state index is 11.5. The van der Waals surface area contributed by atoms with Gasteiger partial charge in [0.15, 0.2) is 0 Å². The molecule has 0 aromatic carbocycles. The molecule has 1 N–H and O–H groups in total. The summed E-state index contributed by atoms with van der Waals surface area (Å²) in [5, 5.41) is 3.31. The molecule has 5 heteroatoms. The average molecular weight is 259 g/mol. The van der Waals surface area contributed by atoms with Crippen molar-refractivity contribution in [2.24, 2.45) is 5.41 Å². The largest absolute Gasteiger partial charge is 0.469 e. The minimum Gasteiger partial charge on any atom is -0.469 e. The fourth-order valence-corrected chi connectivity index (χ4v) is 1.94. The van der Waals surface area contributed by atoms with E-state index in [9.17, 15) is 4.79 Å². The number of morpholine rings is 1. The topological polar surface area (TPSA) is 56.8 Å². The first-order valence-corrected chi connectivity index (χ1v) is 6.31. The van der Waals surface area contributed by atoms with Gasteiger partial charge in [0.25, 0.3) is 0 Å². The quantitative estimate of drug-likeness (QED) is 0.746. The highest BCUT2D eigenvalue weighted by molar-refractivity contribution is 5.75. The van der Waals surface area contributed by atoms with Crippen molar-refractivity contribution in [1.82, 2.24) is 5.32 Å². The summed E-state index contributed by atoms with van der Waals surface area (Å²) in [5.74, 6) is -0.259. The van der Waals surface area contributed by atoms with Gasteiger partial charge < -0.3 is 19.5 Å². The van der Waals surface area contributed by atoms with Crippen molar-refractivity contribution in [3.05, 3.63) is 0 Å². The van der Waals surface area contributed by atoms with E-state index in [4.69, 9.17) is 14.2 Å². The normalized spacial score (nSPS) is 23.7. The van der Waals surface area contributed by atoms with Crippen LogP contribution >= 0.6 is 0 Å². The van der Waals surface area contributed by atoms with E-state index in [1.807, 2.05) is 27.7 Å². The van der Waals surface area contributed by atoms with Crippen molar-refractivity contribution in [3.8, 4) is 0 Å². The van der Waals surface area contributed by atoms with Gasteiger partial charge in [-0.3, -0.25) is 4.79 Å². The van der Waals surface area contributed by atoms with Crippen LogP contribution < -0.4 is 5.32 Å². The van der Waals surface area contributed by atoms with Crippen molar-refractivity contribution >= 4 is 5.97 Å². The molecule has 5 nitrogen and oxygen atoms in total. The van der Waals surface area contributed by atoms with Gasteiger partial charge in [-0.2, -0.15) is 0 Å².